The van der Waals surface area contributed by atoms with Crippen LogP contribution in [0.15, 0.2) is 29.3 Å². The van der Waals surface area contributed by atoms with Crippen LogP contribution in [0.1, 0.15) is 5.56 Å². The van der Waals surface area contributed by atoms with Gasteiger partial charge in [0.1, 0.15) is 0 Å². The Morgan fingerprint density at radius 1 is 1.36 bits per heavy atom. The number of allylic oxidation sites excluding steroid dienone is 1. The molecule has 0 radical (unpaired) electrons. The van der Waals surface area contributed by atoms with E-state index in [2.05, 4.69) is 22.5 Å². The van der Waals surface area contributed by atoms with E-state index >= 15 is 0 Å². The molecule has 0 unspecified atom stereocenters. The maximum Gasteiger partial charge on any atom is 0.416 e. The third-order valence-corrected chi connectivity index (χ3v) is 2.82. The minimum atomic E-state index is -4.41. The summed E-state index contributed by atoms with van der Waals surface area (Å²) in [5.41, 5.74) is -0.872. The zero-order valence-corrected chi connectivity index (χ0v) is 9.17. The Balaban J connectivity index is 3.10. The minimum Gasteiger partial charge on any atom is -0.166 e. The summed E-state index contributed by atoms with van der Waals surface area (Å²) in [5.74, 6) is 0. The topological polar surface area (TPSA) is 0 Å². The first-order valence-corrected chi connectivity index (χ1v) is 4.71. The van der Waals surface area contributed by atoms with Crippen LogP contribution < -0.4 is 0 Å². The van der Waals surface area contributed by atoms with E-state index in [0.29, 0.717) is 9.50 Å². The molecule has 0 aliphatic carbocycles. The average molecular weight is 285 g/mol. The normalized spacial score (nSPS) is 11.5. The van der Waals surface area contributed by atoms with Gasteiger partial charge in [-0.1, -0.05) is 24.2 Å². The van der Waals surface area contributed by atoms with Crippen molar-refractivity contribution < 1.29 is 13.2 Å². The van der Waals surface area contributed by atoms with Gasteiger partial charge in [0.05, 0.1) is 10.6 Å². The molecule has 1 aromatic carbocycles. The van der Waals surface area contributed by atoms with Crippen LogP contribution in [0.5, 0.6) is 0 Å². The molecule has 76 valence electrons. The summed E-state index contributed by atoms with van der Waals surface area (Å²) in [7, 11) is 0. The Hall–Kier alpha value is -0.480. The van der Waals surface area contributed by atoms with E-state index < -0.39 is 11.7 Å². The second-order valence-corrected chi connectivity index (χ2v) is 3.87. The van der Waals surface area contributed by atoms with Gasteiger partial charge in [-0.25, -0.2) is 0 Å². The zero-order chi connectivity index (χ0) is 10.9. The molecule has 0 aromatic heterocycles. The summed E-state index contributed by atoms with van der Waals surface area (Å²) in [6.45, 7) is 2.98. The highest BCUT2D eigenvalue weighted by Gasteiger charge is 2.32. The monoisotopic (exact) mass is 284 g/mol. The van der Waals surface area contributed by atoms with Crippen molar-refractivity contribution in [3.63, 3.8) is 0 Å². The molecule has 14 heavy (non-hydrogen) atoms. The molecule has 0 atom stereocenters. The van der Waals surface area contributed by atoms with E-state index in [-0.39, 0.29) is 5.56 Å². The lowest BCUT2D eigenvalue weighted by Gasteiger charge is -2.10. The third kappa shape index (κ3) is 2.51. The van der Waals surface area contributed by atoms with E-state index in [1.807, 2.05) is 0 Å². The Labute approximate surface area is 92.5 Å². The highest BCUT2D eigenvalue weighted by Crippen LogP contribution is 2.34. The fourth-order valence-electron chi connectivity index (χ4n) is 0.848. The van der Waals surface area contributed by atoms with E-state index in [1.54, 1.807) is 0 Å². The number of alkyl halides is 3. The lowest BCUT2D eigenvalue weighted by atomic mass is 10.1. The van der Waals surface area contributed by atoms with Gasteiger partial charge in [0.15, 0.2) is 0 Å². The third-order valence-electron chi connectivity index (χ3n) is 1.61. The minimum absolute atomic E-state index is 0.00813. The Bertz CT molecular complexity index is 371. The van der Waals surface area contributed by atoms with Crippen molar-refractivity contribution in [2.75, 3.05) is 0 Å². The van der Waals surface area contributed by atoms with Gasteiger partial charge in [-0.2, -0.15) is 13.2 Å². The van der Waals surface area contributed by atoms with Gasteiger partial charge >= 0.3 is 6.18 Å². The molecule has 0 heterocycles. The number of rotatable bonds is 1. The van der Waals surface area contributed by atoms with Gasteiger partial charge in [0, 0.05) is 4.47 Å². The molecule has 0 aliphatic heterocycles. The van der Waals surface area contributed by atoms with Gasteiger partial charge in [-0.05, 0) is 33.6 Å². The van der Waals surface area contributed by atoms with Crippen LogP contribution in [0.3, 0.4) is 0 Å². The molecule has 0 spiro atoms. The maximum absolute atomic E-state index is 12.2. The molecule has 5 heteroatoms. The SMILES string of the molecule is C=C(c1ccc(Cl)c(Br)c1)C(F)(F)F. The fourth-order valence-corrected chi connectivity index (χ4v) is 1.34. The molecule has 0 nitrogen and oxygen atoms in total. The van der Waals surface area contributed by atoms with Gasteiger partial charge in [-0.3, -0.25) is 0 Å². The van der Waals surface area contributed by atoms with Crippen LogP contribution in [0.25, 0.3) is 5.57 Å². The smallest absolute Gasteiger partial charge is 0.166 e. The van der Waals surface area contributed by atoms with Crippen LogP contribution >= 0.6 is 27.5 Å². The summed E-state index contributed by atoms with van der Waals surface area (Å²) >= 11 is 8.68. The van der Waals surface area contributed by atoms with Gasteiger partial charge in [0.25, 0.3) is 0 Å². The molecule has 1 aromatic rings. The first kappa shape index (κ1) is 11.6. The lowest BCUT2D eigenvalue weighted by molar-refractivity contribution is -0.0686. The quantitative estimate of drug-likeness (QED) is 0.703. The van der Waals surface area contributed by atoms with Crippen LogP contribution in [-0.4, -0.2) is 6.18 Å². The van der Waals surface area contributed by atoms with E-state index in [0.717, 1.165) is 0 Å². The largest absolute Gasteiger partial charge is 0.416 e. The van der Waals surface area contributed by atoms with E-state index in [1.165, 1.54) is 18.2 Å². The molecule has 0 fully saturated rings. The first-order valence-electron chi connectivity index (χ1n) is 3.54. The molecule has 0 aliphatic rings. The zero-order valence-electron chi connectivity index (χ0n) is 6.83. The molecule has 0 bridgehead atoms. The summed E-state index contributed by atoms with van der Waals surface area (Å²) in [6, 6.07) is 3.96. The van der Waals surface area contributed by atoms with E-state index in [4.69, 9.17) is 11.6 Å². The van der Waals surface area contributed by atoms with Crippen molar-refractivity contribution in [1.82, 2.24) is 0 Å². The lowest BCUT2D eigenvalue weighted by Crippen LogP contribution is -2.09. The Morgan fingerprint density at radius 3 is 2.36 bits per heavy atom. The number of benzene rings is 1. The van der Waals surface area contributed by atoms with Crippen molar-refractivity contribution in [2.24, 2.45) is 0 Å². The second kappa shape index (κ2) is 3.95. The maximum atomic E-state index is 12.2. The molecule has 0 N–H and O–H groups in total. The Kier molecular flexibility index (Phi) is 3.27. The van der Waals surface area contributed by atoms with Gasteiger partial charge < -0.3 is 0 Å². The van der Waals surface area contributed by atoms with Crippen molar-refractivity contribution in [3.05, 3.63) is 39.8 Å². The van der Waals surface area contributed by atoms with Crippen LogP contribution in [0.4, 0.5) is 13.2 Å². The van der Waals surface area contributed by atoms with E-state index in [9.17, 15) is 13.2 Å². The van der Waals surface area contributed by atoms with Gasteiger partial charge in [-0.15, -0.1) is 0 Å². The van der Waals surface area contributed by atoms with Crippen molar-refractivity contribution >= 4 is 33.1 Å². The summed E-state index contributed by atoms with van der Waals surface area (Å²) in [5, 5.41) is 0.365. The predicted octanol–water partition coefficient (Wildman–Crippen LogP) is 4.68. The molecule has 0 saturated heterocycles. The van der Waals surface area contributed by atoms with Crippen molar-refractivity contribution in [1.29, 1.82) is 0 Å². The Morgan fingerprint density at radius 2 is 1.93 bits per heavy atom. The number of hydrogen-bond donors (Lipinski definition) is 0. The van der Waals surface area contributed by atoms with Crippen LogP contribution in [0, 0.1) is 0 Å². The highest BCUT2D eigenvalue weighted by molar-refractivity contribution is 9.10. The van der Waals surface area contributed by atoms with Crippen molar-refractivity contribution in [2.45, 2.75) is 6.18 Å². The summed E-state index contributed by atoms with van der Waals surface area (Å²) in [4.78, 5) is 0. The number of halogens is 5. The second-order valence-electron chi connectivity index (χ2n) is 2.61. The average Bonchev–Trinajstić information content (AvgIpc) is 2.07. The molecule has 1 rings (SSSR count). The summed E-state index contributed by atoms with van der Waals surface area (Å²) in [6.07, 6.45) is -4.41. The van der Waals surface area contributed by atoms with Gasteiger partial charge in [0.2, 0.25) is 0 Å². The molecule has 0 saturated carbocycles. The predicted molar refractivity (Wildman–Crippen MR) is 54.2 cm³/mol. The van der Waals surface area contributed by atoms with Crippen molar-refractivity contribution in [3.8, 4) is 0 Å². The molecular formula is C9H5BrClF3. The fraction of sp³-hybridized carbons (Fsp3) is 0.111. The van der Waals surface area contributed by atoms with Crippen LogP contribution in [-0.2, 0) is 0 Å². The van der Waals surface area contributed by atoms with Crippen LogP contribution in [0.2, 0.25) is 5.02 Å². The number of hydrogen-bond acceptors (Lipinski definition) is 0. The first-order chi connectivity index (χ1) is 6.32. The molecule has 0 amide bonds. The molecular weight excluding hydrogens is 280 g/mol. The highest BCUT2D eigenvalue weighted by atomic mass is 79.9. The standard InChI is InChI=1S/C9H5BrClF3/c1-5(9(12,13)14)6-2-3-8(11)7(10)4-6/h2-4H,1H2. The summed E-state index contributed by atoms with van der Waals surface area (Å²) < 4.78 is 37.1.